The van der Waals surface area contributed by atoms with E-state index in [9.17, 15) is 18.8 Å². The Hall–Kier alpha value is -3.09. The van der Waals surface area contributed by atoms with E-state index < -0.39 is 17.1 Å². The summed E-state index contributed by atoms with van der Waals surface area (Å²) in [5, 5.41) is 0.210. The number of Topliss-reactive ketones (excluding diaryl/α,β-unsaturated/α-hetero) is 1. The second-order valence-electron chi connectivity index (χ2n) is 8.23. The Labute approximate surface area is 160 Å². The van der Waals surface area contributed by atoms with E-state index in [4.69, 9.17) is 0 Å². The highest BCUT2D eigenvalue weighted by Crippen LogP contribution is 2.39. The molecule has 0 aliphatic heterocycles. The summed E-state index contributed by atoms with van der Waals surface area (Å²) in [6.45, 7) is 3.99. The summed E-state index contributed by atoms with van der Waals surface area (Å²) in [4.78, 5) is 41.7. The first-order valence-corrected chi connectivity index (χ1v) is 9.08. The highest BCUT2D eigenvalue weighted by atomic mass is 19.1. The number of benzene rings is 1. The van der Waals surface area contributed by atoms with Gasteiger partial charge in [-0.15, -0.1) is 0 Å². The summed E-state index contributed by atoms with van der Waals surface area (Å²) in [6.07, 6.45) is 0.906. The SMILES string of the molecule is Cn1c(=O)c2c(-c3cccc(F)c3)c3c([nH+]c2n(C)c1=O)CC(C)(C)CC3=O. The summed E-state index contributed by atoms with van der Waals surface area (Å²) < 4.78 is 16.4. The monoisotopic (exact) mass is 382 g/mol. The average molecular weight is 382 g/mol. The Balaban J connectivity index is 2.28. The first kappa shape index (κ1) is 18.3. The lowest BCUT2D eigenvalue weighted by molar-refractivity contribution is -0.365. The van der Waals surface area contributed by atoms with E-state index >= 15 is 0 Å². The number of nitrogens with zero attached hydrogens (tertiary/aromatic N) is 2. The van der Waals surface area contributed by atoms with Gasteiger partial charge in [0.15, 0.2) is 5.78 Å². The van der Waals surface area contributed by atoms with Gasteiger partial charge in [-0.2, -0.15) is 4.57 Å². The van der Waals surface area contributed by atoms with Gasteiger partial charge < -0.3 is 0 Å². The van der Waals surface area contributed by atoms with Crippen molar-refractivity contribution in [3.05, 3.63) is 62.2 Å². The van der Waals surface area contributed by atoms with Crippen LogP contribution in [0.5, 0.6) is 0 Å². The van der Waals surface area contributed by atoms with E-state index in [0.717, 1.165) is 4.57 Å². The number of hydrogen-bond acceptors (Lipinski definition) is 3. The number of halogens is 1. The van der Waals surface area contributed by atoms with E-state index in [1.54, 1.807) is 19.2 Å². The predicted octanol–water partition coefficient (Wildman–Crippen LogP) is 2.01. The Bertz CT molecular complexity index is 1280. The first-order valence-electron chi connectivity index (χ1n) is 9.08. The van der Waals surface area contributed by atoms with Crippen molar-refractivity contribution in [1.29, 1.82) is 0 Å². The molecule has 0 saturated heterocycles. The lowest BCUT2D eigenvalue weighted by Crippen LogP contribution is -2.42. The molecule has 1 aromatic carbocycles. The molecular formula is C21H21FN3O3+. The molecule has 0 spiro atoms. The van der Waals surface area contributed by atoms with Gasteiger partial charge in [0.2, 0.25) is 0 Å². The van der Waals surface area contributed by atoms with Crippen LogP contribution in [0, 0.1) is 11.2 Å². The molecule has 3 aromatic rings. The highest BCUT2D eigenvalue weighted by Gasteiger charge is 2.38. The highest BCUT2D eigenvalue weighted by molar-refractivity contribution is 6.09. The third-order valence-corrected chi connectivity index (χ3v) is 5.42. The van der Waals surface area contributed by atoms with E-state index in [1.807, 2.05) is 13.8 Å². The number of rotatable bonds is 1. The first-order chi connectivity index (χ1) is 13.1. The fraction of sp³-hybridized carbons (Fsp3) is 0.333. The van der Waals surface area contributed by atoms with Gasteiger partial charge in [0.05, 0.1) is 12.6 Å². The van der Waals surface area contributed by atoms with Gasteiger partial charge in [-0.1, -0.05) is 26.0 Å². The minimum Gasteiger partial charge on any atom is -0.294 e. The maximum absolute atomic E-state index is 14.0. The van der Waals surface area contributed by atoms with Crippen LogP contribution in [0.4, 0.5) is 4.39 Å². The number of nitrogens with one attached hydrogen (secondary N) is 1. The number of aromatic amines is 1. The molecule has 7 heteroatoms. The van der Waals surface area contributed by atoms with Crippen LogP contribution in [0.3, 0.4) is 0 Å². The van der Waals surface area contributed by atoms with Crippen LogP contribution in [0.25, 0.3) is 22.2 Å². The molecule has 4 rings (SSSR count). The standard InChI is InChI=1S/C21H20FN3O3/c1-21(2)9-13-16(14(26)10-21)15(11-6-5-7-12(22)8-11)17-18(23-13)24(3)20(28)25(4)19(17)27/h5-8H,9-10H2,1-4H3/p+1. The molecule has 1 N–H and O–H groups in total. The molecule has 144 valence electrons. The fourth-order valence-corrected chi connectivity index (χ4v) is 4.13. The number of hydrogen-bond donors (Lipinski definition) is 0. The zero-order valence-electron chi connectivity index (χ0n) is 16.2. The Morgan fingerprint density at radius 1 is 1.04 bits per heavy atom. The molecule has 0 atom stereocenters. The number of H-pyrrole nitrogens is 1. The molecule has 0 unspecified atom stereocenters. The predicted molar refractivity (Wildman–Crippen MR) is 103 cm³/mol. The van der Waals surface area contributed by atoms with E-state index in [-0.39, 0.29) is 16.6 Å². The van der Waals surface area contributed by atoms with Gasteiger partial charge in [-0.05, 0) is 23.1 Å². The van der Waals surface area contributed by atoms with Crippen LogP contribution < -0.4 is 16.2 Å². The second-order valence-corrected chi connectivity index (χ2v) is 8.23. The van der Waals surface area contributed by atoms with Crippen LogP contribution in [-0.2, 0) is 20.5 Å². The maximum atomic E-state index is 14.0. The summed E-state index contributed by atoms with van der Waals surface area (Å²) in [5.74, 6) is -0.558. The van der Waals surface area contributed by atoms with Crippen LogP contribution in [0.1, 0.15) is 36.3 Å². The van der Waals surface area contributed by atoms with Gasteiger partial charge in [0.25, 0.3) is 11.2 Å². The molecular weight excluding hydrogens is 361 g/mol. The molecule has 28 heavy (non-hydrogen) atoms. The zero-order chi connectivity index (χ0) is 20.4. The molecule has 1 aliphatic rings. The molecule has 2 heterocycles. The zero-order valence-corrected chi connectivity index (χ0v) is 16.2. The molecule has 6 nitrogen and oxygen atoms in total. The van der Waals surface area contributed by atoms with Crippen molar-refractivity contribution < 1.29 is 14.2 Å². The smallest absolute Gasteiger partial charge is 0.294 e. The van der Waals surface area contributed by atoms with Crippen molar-refractivity contribution >= 4 is 16.8 Å². The van der Waals surface area contributed by atoms with Crippen molar-refractivity contribution in [2.75, 3.05) is 0 Å². The Morgan fingerprint density at radius 3 is 2.43 bits per heavy atom. The third-order valence-electron chi connectivity index (χ3n) is 5.42. The number of ketones is 1. The molecule has 1 aliphatic carbocycles. The van der Waals surface area contributed by atoms with Crippen LogP contribution in [0.15, 0.2) is 33.9 Å². The lowest BCUT2D eigenvalue weighted by atomic mass is 9.73. The molecule has 0 saturated carbocycles. The fourth-order valence-electron chi connectivity index (χ4n) is 4.13. The van der Waals surface area contributed by atoms with E-state index in [1.165, 1.54) is 23.7 Å². The summed E-state index contributed by atoms with van der Waals surface area (Å²) in [7, 11) is 2.96. The third kappa shape index (κ3) is 2.61. The van der Waals surface area contributed by atoms with E-state index in [2.05, 4.69) is 4.98 Å². The van der Waals surface area contributed by atoms with Gasteiger partial charge >= 0.3 is 5.69 Å². The second kappa shape index (κ2) is 5.95. The molecule has 0 amide bonds. The van der Waals surface area contributed by atoms with Crippen molar-refractivity contribution in [3.63, 3.8) is 0 Å². The summed E-state index contributed by atoms with van der Waals surface area (Å²) in [6, 6.07) is 5.84. The van der Waals surface area contributed by atoms with Gasteiger partial charge in [0.1, 0.15) is 16.9 Å². The van der Waals surface area contributed by atoms with Crippen LogP contribution in [-0.4, -0.2) is 14.9 Å². The van der Waals surface area contributed by atoms with E-state index in [0.29, 0.717) is 40.9 Å². The number of carbonyl (C=O) groups excluding carboxylic acids is 1. The number of pyridine rings is 1. The van der Waals surface area contributed by atoms with Gasteiger partial charge in [-0.3, -0.25) is 9.59 Å². The quantitative estimate of drug-likeness (QED) is 0.646. The number of carbonyl (C=O) groups is 1. The molecule has 0 bridgehead atoms. The van der Waals surface area contributed by atoms with Crippen molar-refractivity contribution in [2.24, 2.45) is 19.5 Å². The summed E-state index contributed by atoms with van der Waals surface area (Å²) >= 11 is 0. The number of fused-ring (bicyclic) bond motifs is 2. The normalized spacial score (nSPS) is 15.7. The molecule has 0 fully saturated rings. The Morgan fingerprint density at radius 2 is 1.75 bits per heavy atom. The van der Waals surface area contributed by atoms with Gasteiger partial charge in [-0.25, -0.2) is 18.7 Å². The van der Waals surface area contributed by atoms with Gasteiger partial charge in [0, 0.05) is 25.5 Å². The van der Waals surface area contributed by atoms with Crippen molar-refractivity contribution in [1.82, 2.24) is 9.13 Å². The molecule has 2 aromatic heterocycles. The van der Waals surface area contributed by atoms with Crippen LogP contribution in [0.2, 0.25) is 0 Å². The number of aromatic nitrogens is 3. The minimum atomic E-state index is -0.519. The van der Waals surface area contributed by atoms with Crippen molar-refractivity contribution in [2.45, 2.75) is 26.7 Å². The lowest BCUT2D eigenvalue weighted by Gasteiger charge is -2.29. The average Bonchev–Trinajstić information content (AvgIpc) is 2.62. The topological polar surface area (TPSA) is 75.2 Å². The molecule has 0 radical (unpaired) electrons. The maximum Gasteiger partial charge on any atom is 0.417 e. The summed E-state index contributed by atoms with van der Waals surface area (Å²) in [5.41, 5.74) is 0.987. The number of aryl methyl sites for hydroxylation is 1. The Kier molecular flexibility index (Phi) is 3.89. The van der Waals surface area contributed by atoms with Crippen molar-refractivity contribution in [3.8, 4) is 11.1 Å². The largest absolute Gasteiger partial charge is 0.417 e. The minimum absolute atomic E-state index is 0.0976. The van der Waals surface area contributed by atoms with Crippen LogP contribution >= 0.6 is 0 Å².